The van der Waals surface area contributed by atoms with E-state index in [0.717, 1.165) is 11.6 Å². The summed E-state index contributed by atoms with van der Waals surface area (Å²) in [5, 5.41) is 0. The monoisotopic (exact) mass is 331 g/mol. The Morgan fingerprint density at radius 3 is 2.42 bits per heavy atom. The van der Waals surface area contributed by atoms with Gasteiger partial charge in [-0.05, 0) is 35.2 Å². The minimum Gasteiger partial charge on any atom is -0.295 e. The van der Waals surface area contributed by atoms with Crippen molar-refractivity contribution in [3.05, 3.63) is 52.7 Å². The zero-order valence-electron chi connectivity index (χ0n) is 14.1. The highest BCUT2D eigenvalue weighted by Gasteiger charge is 2.18. The second-order valence-electron chi connectivity index (χ2n) is 7.16. The molecule has 0 radical (unpaired) electrons. The van der Waals surface area contributed by atoms with Crippen molar-refractivity contribution in [2.45, 2.75) is 27.3 Å². The molecule has 0 saturated heterocycles. The number of aryl methyl sites for hydroxylation is 1. The normalized spacial score (nSPS) is 12.1. The average molecular weight is 331 g/mol. The van der Waals surface area contributed by atoms with Crippen molar-refractivity contribution in [1.82, 2.24) is 14.1 Å². The van der Waals surface area contributed by atoms with Gasteiger partial charge < -0.3 is 0 Å². The first-order chi connectivity index (χ1) is 11.2. The van der Waals surface area contributed by atoms with Gasteiger partial charge in [0.15, 0.2) is 0 Å². The molecule has 2 aromatic heterocycles. The third-order valence-corrected chi connectivity index (χ3v) is 3.90. The molecule has 3 aromatic rings. The smallest absolute Gasteiger partial charge is 0.295 e. The van der Waals surface area contributed by atoms with Crippen LogP contribution in [0.5, 0.6) is 0 Å². The van der Waals surface area contributed by atoms with Crippen LogP contribution in [0, 0.1) is 17.3 Å². The van der Waals surface area contributed by atoms with Crippen LogP contribution >= 0.6 is 0 Å². The molecule has 126 valence electrons. The van der Waals surface area contributed by atoms with Gasteiger partial charge in [0, 0.05) is 19.2 Å². The predicted octanol–water partition coefficient (Wildman–Crippen LogP) is 3.73. The number of halogens is 2. The molecule has 0 aliphatic carbocycles. The summed E-state index contributed by atoms with van der Waals surface area (Å²) in [5.74, 6) is -1.73. The molecule has 4 nitrogen and oxygen atoms in total. The first kappa shape index (κ1) is 16.4. The maximum atomic E-state index is 13.9. The lowest BCUT2D eigenvalue weighted by Gasteiger charge is -2.18. The van der Waals surface area contributed by atoms with Crippen molar-refractivity contribution < 1.29 is 8.78 Å². The molecule has 6 heteroatoms. The van der Waals surface area contributed by atoms with Crippen LogP contribution in [0.3, 0.4) is 0 Å². The molecule has 0 unspecified atom stereocenters. The molecule has 24 heavy (non-hydrogen) atoms. The number of rotatable bonds is 2. The van der Waals surface area contributed by atoms with Crippen molar-refractivity contribution >= 4 is 11.0 Å². The molecule has 0 saturated carbocycles. The Morgan fingerprint density at radius 1 is 1.08 bits per heavy atom. The molecule has 0 spiro atoms. The number of pyridine rings is 1. The lowest BCUT2D eigenvalue weighted by Crippen LogP contribution is -2.27. The summed E-state index contributed by atoms with van der Waals surface area (Å²) in [4.78, 5) is 15.7. The number of benzene rings is 1. The minimum absolute atomic E-state index is 0.0518. The zero-order chi connectivity index (χ0) is 17.6. The first-order valence-corrected chi connectivity index (χ1v) is 7.69. The van der Waals surface area contributed by atoms with Crippen LogP contribution in [-0.4, -0.2) is 14.1 Å². The Balaban J connectivity index is 2.19. The van der Waals surface area contributed by atoms with Gasteiger partial charge in [0.05, 0.1) is 11.0 Å². The van der Waals surface area contributed by atoms with Gasteiger partial charge in [0.25, 0.3) is 0 Å². The van der Waals surface area contributed by atoms with E-state index in [1.165, 1.54) is 6.07 Å². The summed E-state index contributed by atoms with van der Waals surface area (Å²) < 4.78 is 30.2. The molecule has 0 atom stereocenters. The van der Waals surface area contributed by atoms with Crippen LogP contribution in [-0.2, 0) is 13.6 Å². The predicted molar refractivity (Wildman–Crippen MR) is 89.8 cm³/mol. The summed E-state index contributed by atoms with van der Waals surface area (Å²) in [6, 6.07) is 7.71. The van der Waals surface area contributed by atoms with Crippen molar-refractivity contribution in [1.29, 1.82) is 0 Å². The van der Waals surface area contributed by atoms with Gasteiger partial charge in [0.2, 0.25) is 11.9 Å². The van der Waals surface area contributed by atoms with Crippen LogP contribution in [0.25, 0.3) is 22.2 Å². The van der Waals surface area contributed by atoms with E-state index in [9.17, 15) is 13.6 Å². The fourth-order valence-corrected chi connectivity index (χ4v) is 2.83. The molecule has 0 fully saturated rings. The molecule has 0 amide bonds. The minimum atomic E-state index is -0.867. The first-order valence-electron chi connectivity index (χ1n) is 7.69. The molecule has 0 N–H and O–H groups in total. The van der Waals surface area contributed by atoms with Gasteiger partial charge in [0.1, 0.15) is 0 Å². The lowest BCUT2D eigenvalue weighted by molar-refractivity contribution is 0.342. The quantitative estimate of drug-likeness (QED) is 0.671. The number of aromatic nitrogens is 3. The molecule has 3 rings (SSSR count). The van der Waals surface area contributed by atoms with E-state index in [1.54, 1.807) is 34.4 Å². The van der Waals surface area contributed by atoms with Crippen LogP contribution in [0.4, 0.5) is 8.78 Å². The topological polar surface area (TPSA) is 39.8 Å². The second-order valence-corrected chi connectivity index (χ2v) is 7.16. The Morgan fingerprint density at radius 2 is 1.79 bits per heavy atom. The molecule has 0 aliphatic rings. The fourth-order valence-electron chi connectivity index (χ4n) is 2.83. The SMILES string of the molecule is Cn1c(=O)n(CC(C)(C)C)c2ccc(-c3ccc(F)nc3F)cc21. The van der Waals surface area contributed by atoms with E-state index in [4.69, 9.17) is 0 Å². The number of imidazole rings is 1. The number of fused-ring (bicyclic) bond motifs is 1. The van der Waals surface area contributed by atoms with Crippen molar-refractivity contribution in [3.63, 3.8) is 0 Å². The van der Waals surface area contributed by atoms with E-state index in [0.29, 0.717) is 17.6 Å². The van der Waals surface area contributed by atoms with E-state index in [1.807, 2.05) is 0 Å². The zero-order valence-corrected chi connectivity index (χ0v) is 14.1. The van der Waals surface area contributed by atoms with E-state index in [2.05, 4.69) is 25.8 Å². The Labute approximate surface area is 138 Å². The fraction of sp³-hybridized carbons (Fsp3) is 0.333. The number of hydrogen-bond acceptors (Lipinski definition) is 2. The van der Waals surface area contributed by atoms with Gasteiger partial charge in [-0.25, -0.2) is 4.79 Å². The van der Waals surface area contributed by atoms with E-state index in [-0.39, 0.29) is 16.7 Å². The summed E-state index contributed by atoms with van der Waals surface area (Å²) in [5.41, 5.74) is 2.08. The van der Waals surface area contributed by atoms with Crippen molar-refractivity contribution in [2.24, 2.45) is 12.5 Å². The summed E-state index contributed by atoms with van der Waals surface area (Å²) in [6.45, 7) is 6.76. The van der Waals surface area contributed by atoms with Gasteiger partial charge in [-0.2, -0.15) is 13.8 Å². The number of hydrogen-bond donors (Lipinski definition) is 0. The van der Waals surface area contributed by atoms with Crippen molar-refractivity contribution in [3.8, 4) is 11.1 Å². The largest absolute Gasteiger partial charge is 0.328 e. The van der Waals surface area contributed by atoms with E-state index >= 15 is 0 Å². The maximum Gasteiger partial charge on any atom is 0.328 e. The molecular weight excluding hydrogens is 312 g/mol. The van der Waals surface area contributed by atoms with Crippen molar-refractivity contribution in [2.75, 3.05) is 0 Å². The molecule has 0 bridgehead atoms. The Bertz CT molecular complexity index is 980. The van der Waals surface area contributed by atoms with Gasteiger partial charge in [-0.15, -0.1) is 0 Å². The number of nitrogens with zero attached hydrogens (tertiary/aromatic N) is 3. The lowest BCUT2D eigenvalue weighted by atomic mass is 9.97. The third kappa shape index (κ3) is 2.84. The standard InChI is InChI=1S/C18H19F2N3O/c1-18(2,3)10-23-13-7-5-11(9-14(13)22(4)17(23)24)12-6-8-15(19)21-16(12)20/h5-9H,10H2,1-4H3. The van der Waals surface area contributed by atoms with Crippen LogP contribution in [0.15, 0.2) is 35.1 Å². The molecule has 2 heterocycles. The highest BCUT2D eigenvalue weighted by Crippen LogP contribution is 2.27. The highest BCUT2D eigenvalue weighted by molar-refractivity contribution is 5.82. The molecule has 0 aliphatic heterocycles. The van der Waals surface area contributed by atoms with Gasteiger partial charge >= 0.3 is 5.69 Å². The Hall–Kier alpha value is -2.50. The average Bonchev–Trinajstić information content (AvgIpc) is 2.71. The van der Waals surface area contributed by atoms with Crippen LogP contribution in [0.1, 0.15) is 20.8 Å². The Kier molecular flexibility index (Phi) is 3.78. The second kappa shape index (κ2) is 5.54. The van der Waals surface area contributed by atoms with Gasteiger partial charge in [-0.1, -0.05) is 26.8 Å². The summed E-state index contributed by atoms with van der Waals surface area (Å²) in [7, 11) is 1.69. The van der Waals surface area contributed by atoms with E-state index < -0.39 is 11.9 Å². The summed E-state index contributed by atoms with van der Waals surface area (Å²) >= 11 is 0. The van der Waals surface area contributed by atoms with Crippen LogP contribution in [0.2, 0.25) is 0 Å². The molecular formula is C18H19F2N3O. The highest BCUT2D eigenvalue weighted by atomic mass is 19.1. The van der Waals surface area contributed by atoms with Gasteiger partial charge in [-0.3, -0.25) is 9.13 Å². The van der Waals surface area contributed by atoms with Crippen LogP contribution < -0.4 is 5.69 Å². The maximum absolute atomic E-state index is 13.9. The third-order valence-electron chi connectivity index (χ3n) is 3.90. The molecule has 1 aromatic carbocycles. The summed E-state index contributed by atoms with van der Waals surface area (Å²) in [6.07, 6.45) is 0.